The van der Waals surface area contributed by atoms with E-state index >= 15 is 0 Å². The zero-order valence-corrected chi connectivity index (χ0v) is 42.5. The van der Waals surface area contributed by atoms with Crippen LogP contribution in [0.3, 0.4) is 0 Å². The Morgan fingerprint density at radius 2 is 0.556 bits per heavy atom. The van der Waals surface area contributed by atoms with Gasteiger partial charge >= 0.3 is 379 Å². The van der Waals surface area contributed by atoms with Gasteiger partial charge in [0, 0.05) is 0 Å². The van der Waals surface area contributed by atoms with Crippen LogP contribution in [0.15, 0.2) is 164 Å². The van der Waals surface area contributed by atoms with Gasteiger partial charge in [0.25, 0.3) is 0 Å². The number of carbonyl (C=O) groups excluding carboxylic acids is 6. The monoisotopic (exact) mass is 1030 g/mol. The average molecular weight is 1020 g/mol. The summed E-state index contributed by atoms with van der Waals surface area (Å²) < 4.78 is 18.0. The number of rotatable bonds is 20. The maximum absolute atomic E-state index is 13.7. The first-order chi connectivity index (χ1) is 30.0. The molecule has 0 aliphatic carbocycles. The molecule has 0 amide bonds. The van der Waals surface area contributed by atoms with Gasteiger partial charge < -0.3 is 0 Å². The number of ether oxygens (including phenoxy) is 3. The van der Waals surface area contributed by atoms with Crippen LogP contribution in [-0.2, 0) is 0 Å². The van der Waals surface area contributed by atoms with E-state index in [9.17, 15) is 28.8 Å². The molecule has 9 nitrogen and oxygen atoms in total. The van der Waals surface area contributed by atoms with Crippen LogP contribution in [0.1, 0.15) is 62.1 Å². The van der Waals surface area contributed by atoms with Crippen LogP contribution < -0.4 is 14.2 Å². The molecule has 0 heterocycles. The molecule has 6 aromatic carbocycles. The molecule has 0 aliphatic rings. The first-order valence-electron chi connectivity index (χ1n) is 20.7. The first-order valence-corrected chi connectivity index (χ1v) is 39.5. The zero-order valence-electron chi connectivity index (χ0n) is 36.3. The summed E-state index contributed by atoms with van der Waals surface area (Å²) in [7, 11) is 0. The van der Waals surface area contributed by atoms with Crippen LogP contribution in [0.25, 0.3) is 0 Å². The van der Waals surface area contributed by atoms with Crippen molar-refractivity contribution in [1.82, 2.24) is 0 Å². The van der Waals surface area contributed by atoms with Crippen molar-refractivity contribution in [1.29, 1.82) is 0 Å². The molecule has 6 aromatic rings. The molecule has 0 saturated heterocycles. The van der Waals surface area contributed by atoms with Gasteiger partial charge in [-0.2, -0.15) is 0 Å². The van der Waals surface area contributed by atoms with Crippen molar-refractivity contribution in [3.8, 4) is 17.2 Å². The van der Waals surface area contributed by atoms with Crippen molar-refractivity contribution in [2.45, 2.75) is 40.6 Å². The maximum atomic E-state index is 13.7. The summed E-state index contributed by atoms with van der Waals surface area (Å²) in [5.41, 5.74) is 2.94. The minimum atomic E-state index is -3.67. The van der Waals surface area contributed by atoms with Crippen molar-refractivity contribution in [2.75, 3.05) is 13.2 Å². The second-order valence-corrected chi connectivity index (χ2v) is 43.1. The van der Waals surface area contributed by atoms with E-state index in [1.165, 1.54) is 0 Å². The van der Waals surface area contributed by atoms with Gasteiger partial charge in [0.1, 0.15) is 0 Å². The van der Waals surface area contributed by atoms with Gasteiger partial charge in [-0.15, -0.1) is 0 Å². The predicted molar refractivity (Wildman–Crippen MR) is 252 cm³/mol. The van der Waals surface area contributed by atoms with Gasteiger partial charge in [0.2, 0.25) is 0 Å². The van der Waals surface area contributed by atoms with E-state index in [1.54, 1.807) is 157 Å². The molecule has 0 atom stereocenters. The fourth-order valence-corrected chi connectivity index (χ4v) is 19.5. The number of hydrogen-bond acceptors (Lipinski definition) is 9. The number of hydrogen-bond donors (Lipinski definition) is 0. The average Bonchev–Trinajstić information content (AvgIpc) is 3.32. The summed E-state index contributed by atoms with van der Waals surface area (Å²) in [4.78, 5) is 81.0. The number of carbonyl (C=O) groups is 6. The Hall–Kier alpha value is -5.63. The molecular weight excluding hydrogens is 974 g/mol. The van der Waals surface area contributed by atoms with Gasteiger partial charge in [0.05, 0.1) is 0 Å². The van der Waals surface area contributed by atoms with Crippen molar-refractivity contribution < 1.29 is 43.0 Å². The van der Waals surface area contributed by atoms with E-state index in [-0.39, 0.29) is 40.9 Å². The quantitative estimate of drug-likeness (QED) is 0.0686. The van der Waals surface area contributed by atoms with E-state index in [1.807, 2.05) is 41.2 Å². The van der Waals surface area contributed by atoms with E-state index in [0.29, 0.717) is 50.6 Å². The molecule has 0 bridgehead atoms. The Bertz CT molecular complexity index is 2470. The summed E-state index contributed by atoms with van der Waals surface area (Å²) >= 11 is -11.0. The Morgan fingerprint density at radius 1 is 0.333 bits per heavy atom. The molecule has 0 fully saturated rings. The molecule has 0 saturated carbocycles. The van der Waals surface area contributed by atoms with Crippen LogP contribution in [-0.4, -0.2) is 86.8 Å². The first kappa shape index (κ1) is 46.9. The molecule has 0 radical (unpaired) electrons. The molecular formula is C51H50Ge3O9. The van der Waals surface area contributed by atoms with Gasteiger partial charge in [-0.3, -0.25) is 0 Å². The summed E-state index contributed by atoms with van der Waals surface area (Å²) in [6, 6.07) is 46.8. The van der Waals surface area contributed by atoms with Gasteiger partial charge in [0.15, 0.2) is 0 Å². The second kappa shape index (κ2) is 20.3. The third-order valence-corrected chi connectivity index (χ3v) is 29.0. The molecule has 12 heteroatoms. The topological polar surface area (TPSA) is 130 Å². The molecule has 63 heavy (non-hydrogen) atoms. The minimum absolute atomic E-state index is 0.0254. The Balaban J connectivity index is 1.16. The molecule has 0 aromatic heterocycles. The summed E-state index contributed by atoms with van der Waals surface area (Å²) in [6.07, 6.45) is -0.683. The van der Waals surface area contributed by atoms with Crippen LogP contribution >= 0.6 is 0 Å². The molecule has 0 spiro atoms. The molecule has 0 aliphatic heterocycles. The predicted octanol–water partition coefficient (Wildman–Crippen LogP) is 10.1. The third kappa shape index (κ3) is 11.1. The fraction of sp³-hybridized carbons (Fsp3) is 0.176. The second-order valence-electron chi connectivity index (χ2n) is 16.9. The van der Waals surface area contributed by atoms with Gasteiger partial charge in [-0.05, 0) is 0 Å². The Kier molecular flexibility index (Phi) is 15.1. The van der Waals surface area contributed by atoms with Crippen LogP contribution in [0.2, 0.25) is 34.5 Å². The van der Waals surface area contributed by atoms with Gasteiger partial charge in [-0.1, -0.05) is 0 Å². The normalized spacial score (nSPS) is 11.7. The van der Waals surface area contributed by atoms with E-state index in [2.05, 4.69) is 0 Å². The Labute approximate surface area is 376 Å². The van der Waals surface area contributed by atoms with Crippen LogP contribution in [0, 0.1) is 0 Å². The molecule has 0 N–H and O–H groups in total. The Morgan fingerprint density at radius 3 is 0.810 bits per heavy atom. The van der Waals surface area contributed by atoms with E-state index in [0.717, 1.165) is 0 Å². The summed E-state index contributed by atoms with van der Waals surface area (Å²) in [5.74, 6) is 12.2. The SMILES string of the molecule is [CH3][Ge]([CH3])([C](=O)c1ccccc1)[C](=O)c1ccc(OCC(COc2ccc([C](=O)[Ge]([CH3])([CH3])[C](=O)c3ccccc3)cc2)Oc2ccc([C](=O)[Ge]([CH3])([CH3])[C](=O)c3ccccc3)cc2)cc1. The molecule has 6 rings (SSSR count). The van der Waals surface area contributed by atoms with Crippen molar-refractivity contribution in [3.05, 3.63) is 197 Å². The standard InChI is InChI=1S/C51H50Ge3O9/c1-52(2,46(55)36-16-10-7-11-17-36)49(58)39-22-28-42(29-23-39)61-34-45(63-44-32-26-41(27-33-44)51(60)54(5,6)48(57)38-20-14-9-15-21-38)35-62-43-30-24-40(25-31-43)50(59)53(3,4)47(56)37-18-12-8-13-19-37/h7-33,45H,34-35H2,1-6H3. The zero-order chi connectivity index (χ0) is 45.4. The van der Waals surface area contributed by atoms with Crippen molar-refractivity contribution >= 4 is 67.5 Å². The summed E-state index contributed by atoms with van der Waals surface area (Å²) in [5, 5.41) is 0. The fourth-order valence-electron chi connectivity index (χ4n) is 7.02. The van der Waals surface area contributed by atoms with Crippen LogP contribution in [0.5, 0.6) is 17.2 Å². The third-order valence-electron chi connectivity index (χ3n) is 11.0. The van der Waals surface area contributed by atoms with E-state index in [4.69, 9.17) is 14.2 Å². The number of benzene rings is 6. The summed E-state index contributed by atoms with van der Waals surface area (Å²) in [6.45, 7) is 0.0509. The van der Waals surface area contributed by atoms with Gasteiger partial charge in [-0.25, -0.2) is 0 Å². The van der Waals surface area contributed by atoms with Crippen molar-refractivity contribution in [2.24, 2.45) is 0 Å². The molecule has 320 valence electrons. The molecule has 0 unspecified atom stereocenters. The van der Waals surface area contributed by atoms with Crippen molar-refractivity contribution in [3.63, 3.8) is 0 Å². The van der Waals surface area contributed by atoms with E-state index < -0.39 is 45.9 Å². The van der Waals surface area contributed by atoms with Crippen LogP contribution in [0.4, 0.5) is 0 Å².